The molecule has 0 aromatic heterocycles. The molecule has 1 aromatic rings. The van der Waals surface area contributed by atoms with Gasteiger partial charge in [-0.3, -0.25) is 9.69 Å². The monoisotopic (exact) mass is 303 g/mol. The molecule has 1 aliphatic heterocycles. The van der Waals surface area contributed by atoms with Crippen LogP contribution in [-0.2, 0) is 4.79 Å². The first-order valence-electron chi connectivity index (χ1n) is 8.34. The van der Waals surface area contributed by atoms with Gasteiger partial charge in [0.05, 0.1) is 6.04 Å². The van der Waals surface area contributed by atoms with Gasteiger partial charge in [-0.05, 0) is 50.9 Å². The minimum Gasteiger partial charge on any atom is -0.324 e. The Hall–Kier alpha value is -1.39. The Balaban J connectivity index is 2.02. The summed E-state index contributed by atoms with van der Waals surface area (Å²) in [6.07, 6.45) is 2.34. The largest absolute Gasteiger partial charge is 0.324 e. The number of hydrogen-bond acceptors (Lipinski definition) is 3. The highest BCUT2D eigenvalue weighted by Gasteiger charge is 2.27. The van der Waals surface area contributed by atoms with E-state index in [2.05, 4.69) is 35.4 Å². The number of nitrogens with one attached hydrogen (secondary N) is 2. The summed E-state index contributed by atoms with van der Waals surface area (Å²) in [6, 6.07) is 8.47. The topological polar surface area (TPSA) is 44.4 Å². The molecule has 1 saturated heterocycles. The third kappa shape index (κ3) is 4.08. The molecule has 0 bridgehead atoms. The highest BCUT2D eigenvalue weighted by Crippen LogP contribution is 2.24. The summed E-state index contributed by atoms with van der Waals surface area (Å²) in [7, 11) is 2.00. The van der Waals surface area contributed by atoms with Crippen LogP contribution < -0.4 is 10.6 Å². The Kier molecular flexibility index (Phi) is 5.98. The highest BCUT2D eigenvalue weighted by molar-refractivity contribution is 5.95. The molecule has 1 fully saturated rings. The second kappa shape index (κ2) is 7.75. The van der Waals surface area contributed by atoms with Gasteiger partial charge in [0, 0.05) is 18.3 Å². The number of nitrogens with zero attached hydrogens (tertiary/aromatic N) is 1. The number of hydrogen-bond donors (Lipinski definition) is 2. The fourth-order valence-electron chi connectivity index (χ4n) is 3.11. The fraction of sp³-hybridized carbons (Fsp3) is 0.611. The molecule has 2 unspecified atom stereocenters. The molecule has 2 N–H and O–H groups in total. The lowest BCUT2D eigenvalue weighted by Gasteiger charge is -2.36. The maximum atomic E-state index is 12.6. The van der Waals surface area contributed by atoms with E-state index in [9.17, 15) is 4.79 Å². The van der Waals surface area contributed by atoms with Crippen LogP contribution >= 0.6 is 0 Å². The summed E-state index contributed by atoms with van der Waals surface area (Å²) in [5.41, 5.74) is 2.13. The number of anilines is 1. The van der Waals surface area contributed by atoms with Crippen LogP contribution in [0.2, 0.25) is 0 Å². The van der Waals surface area contributed by atoms with Crippen LogP contribution in [0.15, 0.2) is 24.3 Å². The normalized spacial score (nSPS) is 20.9. The maximum Gasteiger partial charge on any atom is 0.241 e. The molecule has 1 aromatic carbocycles. The van der Waals surface area contributed by atoms with E-state index < -0.39 is 0 Å². The molecule has 4 heteroatoms. The van der Waals surface area contributed by atoms with Gasteiger partial charge >= 0.3 is 0 Å². The smallest absolute Gasteiger partial charge is 0.241 e. The molecular weight excluding hydrogens is 274 g/mol. The van der Waals surface area contributed by atoms with Gasteiger partial charge in [0.2, 0.25) is 5.91 Å². The lowest BCUT2D eigenvalue weighted by atomic mass is 10.0. The second-order valence-corrected chi connectivity index (χ2v) is 6.53. The Labute approximate surface area is 134 Å². The zero-order chi connectivity index (χ0) is 16.1. The number of carbonyl (C=O) groups is 1. The molecule has 4 nitrogen and oxygen atoms in total. The predicted octanol–water partition coefficient (Wildman–Crippen LogP) is 2.82. The van der Waals surface area contributed by atoms with E-state index in [1.807, 2.05) is 32.2 Å². The lowest BCUT2D eigenvalue weighted by Crippen LogP contribution is -2.51. The van der Waals surface area contributed by atoms with Crippen molar-refractivity contribution in [2.45, 2.75) is 51.6 Å². The van der Waals surface area contributed by atoms with Crippen LogP contribution in [0.4, 0.5) is 5.69 Å². The van der Waals surface area contributed by atoms with E-state index in [1.54, 1.807) is 0 Å². The summed E-state index contributed by atoms with van der Waals surface area (Å²) in [5, 5.41) is 6.45. The number of amides is 1. The van der Waals surface area contributed by atoms with Crippen molar-refractivity contribution in [2.75, 3.05) is 25.5 Å². The van der Waals surface area contributed by atoms with Gasteiger partial charge in [-0.2, -0.15) is 0 Å². The number of benzene rings is 1. The zero-order valence-electron chi connectivity index (χ0n) is 14.2. The van der Waals surface area contributed by atoms with Gasteiger partial charge in [0.15, 0.2) is 0 Å². The SMILES string of the molecule is CNC1CCCN(C(C)C(=O)Nc2ccccc2C(C)C)C1. The number of likely N-dealkylation sites (tertiary alicyclic amines) is 1. The van der Waals surface area contributed by atoms with Gasteiger partial charge in [-0.25, -0.2) is 0 Å². The molecular formula is C18H29N3O. The summed E-state index contributed by atoms with van der Waals surface area (Å²) in [5.74, 6) is 0.486. The third-order valence-electron chi connectivity index (χ3n) is 4.63. The minimum absolute atomic E-state index is 0.0878. The summed E-state index contributed by atoms with van der Waals surface area (Å²) in [4.78, 5) is 14.9. The quantitative estimate of drug-likeness (QED) is 0.879. The standard InChI is InChI=1S/C18H29N3O/c1-13(2)16-9-5-6-10-17(16)20-18(22)14(3)21-11-7-8-15(12-21)19-4/h5-6,9-10,13-15,19H,7-8,11-12H2,1-4H3,(H,20,22). The molecule has 2 atom stereocenters. The van der Waals surface area contributed by atoms with Gasteiger partial charge in [0.25, 0.3) is 0 Å². The molecule has 2 rings (SSSR count). The van der Waals surface area contributed by atoms with Crippen LogP contribution in [0, 0.1) is 0 Å². The predicted molar refractivity (Wildman–Crippen MR) is 92.3 cm³/mol. The minimum atomic E-state index is -0.101. The van der Waals surface area contributed by atoms with E-state index in [0.717, 1.165) is 25.2 Å². The maximum absolute atomic E-state index is 12.6. The molecule has 0 aliphatic carbocycles. The first kappa shape index (κ1) is 17.0. The Morgan fingerprint density at radius 1 is 1.27 bits per heavy atom. The van der Waals surface area contributed by atoms with Crippen LogP contribution in [0.3, 0.4) is 0 Å². The number of piperidine rings is 1. The molecule has 1 heterocycles. The molecule has 22 heavy (non-hydrogen) atoms. The molecule has 0 spiro atoms. The Bertz CT molecular complexity index is 501. The van der Waals surface area contributed by atoms with Crippen LogP contribution in [0.5, 0.6) is 0 Å². The second-order valence-electron chi connectivity index (χ2n) is 6.53. The van der Waals surface area contributed by atoms with Gasteiger partial charge in [-0.1, -0.05) is 32.0 Å². The van der Waals surface area contributed by atoms with Crippen molar-refractivity contribution in [3.63, 3.8) is 0 Å². The number of para-hydroxylation sites is 1. The van der Waals surface area contributed by atoms with Crippen molar-refractivity contribution >= 4 is 11.6 Å². The van der Waals surface area contributed by atoms with Crippen LogP contribution in [0.25, 0.3) is 0 Å². The van der Waals surface area contributed by atoms with Gasteiger partial charge in [0.1, 0.15) is 0 Å². The number of likely N-dealkylation sites (N-methyl/N-ethyl adjacent to an activating group) is 1. The van der Waals surface area contributed by atoms with Gasteiger partial charge in [-0.15, -0.1) is 0 Å². The van der Waals surface area contributed by atoms with E-state index in [-0.39, 0.29) is 11.9 Å². The van der Waals surface area contributed by atoms with Gasteiger partial charge < -0.3 is 10.6 Å². The Morgan fingerprint density at radius 2 is 2.00 bits per heavy atom. The first-order valence-corrected chi connectivity index (χ1v) is 8.34. The molecule has 0 saturated carbocycles. The van der Waals surface area contributed by atoms with Crippen molar-refractivity contribution in [3.05, 3.63) is 29.8 Å². The summed E-state index contributed by atoms with van der Waals surface area (Å²) in [6.45, 7) is 8.24. The van der Waals surface area contributed by atoms with Crippen molar-refractivity contribution in [1.82, 2.24) is 10.2 Å². The van der Waals surface area contributed by atoms with Crippen LogP contribution in [0.1, 0.15) is 45.1 Å². The van der Waals surface area contributed by atoms with E-state index in [4.69, 9.17) is 0 Å². The molecule has 1 aliphatic rings. The van der Waals surface area contributed by atoms with Crippen LogP contribution in [-0.4, -0.2) is 43.0 Å². The number of carbonyl (C=O) groups excluding carboxylic acids is 1. The van der Waals surface area contributed by atoms with Crippen molar-refractivity contribution < 1.29 is 4.79 Å². The zero-order valence-corrected chi connectivity index (χ0v) is 14.2. The number of rotatable bonds is 5. The van der Waals surface area contributed by atoms with E-state index in [1.165, 1.54) is 12.0 Å². The average Bonchev–Trinajstić information content (AvgIpc) is 2.54. The highest BCUT2D eigenvalue weighted by atomic mass is 16.2. The molecule has 1 amide bonds. The summed E-state index contributed by atoms with van der Waals surface area (Å²) >= 11 is 0. The lowest BCUT2D eigenvalue weighted by molar-refractivity contribution is -0.121. The molecule has 0 radical (unpaired) electrons. The first-order chi connectivity index (χ1) is 10.5. The van der Waals surface area contributed by atoms with E-state index in [0.29, 0.717) is 12.0 Å². The summed E-state index contributed by atoms with van der Waals surface area (Å²) < 4.78 is 0. The van der Waals surface area contributed by atoms with E-state index >= 15 is 0 Å². The fourth-order valence-corrected chi connectivity index (χ4v) is 3.11. The van der Waals surface area contributed by atoms with Crippen molar-refractivity contribution in [1.29, 1.82) is 0 Å². The Morgan fingerprint density at radius 3 is 2.68 bits per heavy atom. The molecule has 122 valence electrons. The van der Waals surface area contributed by atoms with Crippen molar-refractivity contribution in [2.24, 2.45) is 0 Å². The third-order valence-corrected chi connectivity index (χ3v) is 4.63. The average molecular weight is 303 g/mol. The van der Waals surface area contributed by atoms with Crippen molar-refractivity contribution in [3.8, 4) is 0 Å².